The Morgan fingerprint density at radius 1 is 1.04 bits per heavy atom. The van der Waals surface area contributed by atoms with Gasteiger partial charge in [-0.3, -0.25) is 4.79 Å². The summed E-state index contributed by atoms with van der Waals surface area (Å²) in [6.07, 6.45) is 4.81. The lowest BCUT2D eigenvalue weighted by Gasteiger charge is -2.21. The predicted molar refractivity (Wildman–Crippen MR) is 105 cm³/mol. The van der Waals surface area contributed by atoms with Crippen LogP contribution < -0.4 is 0 Å². The van der Waals surface area contributed by atoms with Crippen molar-refractivity contribution in [3.05, 3.63) is 73.2 Å². The molecule has 0 aliphatic heterocycles. The molecule has 0 aliphatic rings. The van der Waals surface area contributed by atoms with Crippen LogP contribution in [-0.4, -0.2) is 23.0 Å². The standard InChI is InChI=1S/C13H16O2.2C4H6O2/c1-5-15-12(14)10-8-6-7-9-11(10)13(2,3)4;1-3-6-4(2)5;1-2-3-4(5)6/h5-9H,1H2,2-4H3;3H,1H2,2H3;2-3H,1H3,(H,5,6)/b;;3-2+. The first-order valence-electron chi connectivity index (χ1n) is 8.06. The number of carboxylic acids is 1. The molecule has 0 heterocycles. The summed E-state index contributed by atoms with van der Waals surface area (Å²) in [6, 6.07) is 7.46. The van der Waals surface area contributed by atoms with Gasteiger partial charge in [0, 0.05) is 13.0 Å². The Bertz CT molecular complexity index is 665. The molecule has 1 aromatic carbocycles. The molecule has 0 bridgehead atoms. The maximum atomic E-state index is 11.6. The van der Waals surface area contributed by atoms with E-state index in [1.807, 2.05) is 18.2 Å². The number of carboxylic acid groups (broad SMARTS) is 1. The van der Waals surface area contributed by atoms with E-state index < -0.39 is 5.97 Å². The molecule has 0 spiro atoms. The first kappa shape index (κ1) is 26.1. The summed E-state index contributed by atoms with van der Waals surface area (Å²) < 4.78 is 8.96. The number of esters is 2. The van der Waals surface area contributed by atoms with Gasteiger partial charge in [-0.15, -0.1) is 0 Å². The molecule has 0 unspecified atom stereocenters. The van der Waals surface area contributed by atoms with Crippen LogP contribution >= 0.6 is 0 Å². The summed E-state index contributed by atoms with van der Waals surface area (Å²) in [7, 11) is 0. The largest absolute Gasteiger partial charge is 0.478 e. The van der Waals surface area contributed by atoms with Gasteiger partial charge >= 0.3 is 17.9 Å². The molecule has 6 nitrogen and oxygen atoms in total. The van der Waals surface area contributed by atoms with Gasteiger partial charge in [0.15, 0.2) is 0 Å². The van der Waals surface area contributed by atoms with E-state index in [0.29, 0.717) is 5.56 Å². The lowest BCUT2D eigenvalue weighted by atomic mass is 9.84. The molecule has 0 saturated carbocycles. The highest BCUT2D eigenvalue weighted by Crippen LogP contribution is 2.26. The molecule has 0 radical (unpaired) electrons. The Morgan fingerprint density at radius 2 is 1.56 bits per heavy atom. The zero-order valence-electron chi connectivity index (χ0n) is 16.5. The van der Waals surface area contributed by atoms with Crippen LogP contribution in [0.5, 0.6) is 0 Å². The van der Waals surface area contributed by atoms with E-state index in [2.05, 4.69) is 38.7 Å². The minimum absolute atomic E-state index is 0.0726. The number of rotatable bonds is 4. The van der Waals surface area contributed by atoms with Gasteiger partial charge in [-0.05, 0) is 24.0 Å². The van der Waals surface area contributed by atoms with Crippen LogP contribution in [-0.2, 0) is 24.5 Å². The molecule has 0 fully saturated rings. The molecule has 0 aromatic heterocycles. The van der Waals surface area contributed by atoms with Crippen LogP contribution in [0.15, 0.2) is 62.1 Å². The van der Waals surface area contributed by atoms with Gasteiger partial charge in [0.05, 0.1) is 18.1 Å². The summed E-state index contributed by atoms with van der Waals surface area (Å²) in [6.45, 7) is 15.7. The topological polar surface area (TPSA) is 89.9 Å². The number of allylic oxidation sites excluding steroid dienone is 1. The predicted octanol–water partition coefficient (Wildman–Crippen LogP) is 4.62. The van der Waals surface area contributed by atoms with Crippen molar-refractivity contribution in [3.63, 3.8) is 0 Å². The van der Waals surface area contributed by atoms with Gasteiger partial charge in [-0.1, -0.05) is 58.2 Å². The fraction of sp³-hybridized carbons (Fsp3) is 0.286. The smallest absolute Gasteiger partial charge is 0.343 e. The van der Waals surface area contributed by atoms with Crippen LogP contribution in [0, 0.1) is 0 Å². The maximum Gasteiger partial charge on any atom is 0.343 e. The fourth-order valence-corrected chi connectivity index (χ4v) is 1.71. The van der Waals surface area contributed by atoms with Crippen molar-refractivity contribution >= 4 is 17.9 Å². The van der Waals surface area contributed by atoms with Crippen LogP contribution in [0.3, 0.4) is 0 Å². The highest BCUT2D eigenvalue weighted by atomic mass is 16.5. The number of benzene rings is 1. The first-order chi connectivity index (χ1) is 12.5. The minimum atomic E-state index is -0.891. The second kappa shape index (κ2) is 14.1. The van der Waals surface area contributed by atoms with Crippen molar-refractivity contribution in [2.24, 2.45) is 0 Å². The number of carbonyl (C=O) groups is 3. The second-order valence-corrected chi connectivity index (χ2v) is 5.98. The molecule has 0 saturated heterocycles. The molecule has 1 aromatic rings. The maximum absolute atomic E-state index is 11.6. The van der Waals surface area contributed by atoms with Crippen LogP contribution in [0.4, 0.5) is 0 Å². The van der Waals surface area contributed by atoms with Crippen molar-refractivity contribution in [2.45, 2.75) is 40.0 Å². The van der Waals surface area contributed by atoms with E-state index in [9.17, 15) is 14.4 Å². The van der Waals surface area contributed by atoms with E-state index in [1.54, 1.807) is 13.0 Å². The molecular formula is C21H28O6. The normalized spacial score (nSPS) is 9.67. The number of ether oxygens (including phenoxy) is 2. The molecular weight excluding hydrogens is 348 g/mol. The summed E-state index contributed by atoms with van der Waals surface area (Å²) in [5, 5.41) is 7.83. The van der Waals surface area contributed by atoms with Gasteiger partial charge in [0.25, 0.3) is 0 Å². The SMILES string of the molecule is C/C=C/C(=O)O.C=COC(=O)c1ccccc1C(C)(C)C.C=COC(C)=O. The van der Waals surface area contributed by atoms with E-state index in [4.69, 9.17) is 9.84 Å². The average Bonchev–Trinajstić information content (AvgIpc) is 2.55. The molecule has 6 heteroatoms. The molecule has 1 rings (SSSR count). The van der Waals surface area contributed by atoms with Gasteiger partial charge in [-0.2, -0.15) is 0 Å². The Balaban J connectivity index is 0. The van der Waals surface area contributed by atoms with Gasteiger partial charge < -0.3 is 14.6 Å². The lowest BCUT2D eigenvalue weighted by Crippen LogP contribution is -2.17. The molecule has 0 aliphatic carbocycles. The van der Waals surface area contributed by atoms with E-state index >= 15 is 0 Å². The zero-order valence-corrected chi connectivity index (χ0v) is 16.5. The van der Waals surface area contributed by atoms with E-state index in [0.717, 1.165) is 24.2 Å². The Hall–Kier alpha value is -3.15. The lowest BCUT2D eigenvalue weighted by molar-refractivity contribution is -0.135. The monoisotopic (exact) mass is 376 g/mol. The van der Waals surface area contributed by atoms with E-state index in [1.165, 1.54) is 13.0 Å². The zero-order chi connectivity index (χ0) is 21.5. The molecule has 0 amide bonds. The number of hydrogen-bond acceptors (Lipinski definition) is 5. The molecule has 148 valence electrons. The van der Waals surface area contributed by atoms with Gasteiger partial charge in [-0.25, -0.2) is 9.59 Å². The third-order valence-corrected chi connectivity index (χ3v) is 2.70. The fourth-order valence-electron chi connectivity index (χ4n) is 1.71. The minimum Gasteiger partial charge on any atom is -0.478 e. The molecule has 1 N–H and O–H groups in total. The summed E-state index contributed by atoms with van der Waals surface area (Å²) in [5.74, 6) is -1.57. The molecule has 27 heavy (non-hydrogen) atoms. The van der Waals surface area contributed by atoms with Crippen molar-refractivity contribution in [2.75, 3.05) is 0 Å². The Morgan fingerprint density at radius 3 is 1.85 bits per heavy atom. The summed E-state index contributed by atoms with van der Waals surface area (Å²) in [5.41, 5.74) is 1.51. The Labute approximate surface area is 160 Å². The highest BCUT2D eigenvalue weighted by molar-refractivity contribution is 5.91. The van der Waals surface area contributed by atoms with Crippen molar-refractivity contribution in [1.29, 1.82) is 0 Å². The van der Waals surface area contributed by atoms with E-state index in [-0.39, 0.29) is 17.4 Å². The van der Waals surface area contributed by atoms with Gasteiger partial charge in [0.1, 0.15) is 0 Å². The van der Waals surface area contributed by atoms with Crippen molar-refractivity contribution < 1.29 is 29.0 Å². The summed E-state index contributed by atoms with van der Waals surface area (Å²) in [4.78, 5) is 30.9. The van der Waals surface area contributed by atoms with Crippen LogP contribution in [0.2, 0.25) is 0 Å². The summed E-state index contributed by atoms with van der Waals surface area (Å²) >= 11 is 0. The third kappa shape index (κ3) is 13.8. The molecule has 0 atom stereocenters. The third-order valence-electron chi connectivity index (χ3n) is 2.70. The average molecular weight is 376 g/mol. The Kier molecular flexibility index (Phi) is 13.6. The van der Waals surface area contributed by atoms with Crippen LogP contribution in [0.1, 0.15) is 50.5 Å². The number of aliphatic carboxylic acids is 1. The highest BCUT2D eigenvalue weighted by Gasteiger charge is 2.21. The quantitative estimate of drug-likeness (QED) is 0.468. The van der Waals surface area contributed by atoms with Crippen molar-refractivity contribution in [3.8, 4) is 0 Å². The first-order valence-corrected chi connectivity index (χ1v) is 8.06. The number of carbonyl (C=O) groups excluding carboxylic acids is 2. The van der Waals surface area contributed by atoms with Gasteiger partial charge in [0.2, 0.25) is 0 Å². The second-order valence-electron chi connectivity index (χ2n) is 5.98. The van der Waals surface area contributed by atoms with Crippen LogP contribution in [0.25, 0.3) is 0 Å². The van der Waals surface area contributed by atoms with Crippen molar-refractivity contribution in [1.82, 2.24) is 0 Å². The number of hydrogen-bond donors (Lipinski definition) is 1.